The van der Waals surface area contributed by atoms with Gasteiger partial charge in [-0.25, -0.2) is 4.79 Å². The lowest BCUT2D eigenvalue weighted by Crippen LogP contribution is -2.53. The van der Waals surface area contributed by atoms with Gasteiger partial charge in [-0.2, -0.15) is 0 Å². The van der Waals surface area contributed by atoms with Crippen LogP contribution in [-0.4, -0.2) is 34.0 Å². The molecule has 0 atom stereocenters. The Morgan fingerprint density at radius 2 is 1.90 bits per heavy atom. The normalized spacial score (nSPS) is 11.2. The Morgan fingerprint density at radius 3 is 2.35 bits per heavy atom. The zero-order valence-corrected chi connectivity index (χ0v) is 13.1. The van der Waals surface area contributed by atoms with Crippen LogP contribution in [0.1, 0.15) is 26.3 Å². The molecular weight excluding hydrogens is 301 g/mol. The number of hydrogen-bond acceptors (Lipinski definition) is 2. The summed E-state index contributed by atoms with van der Waals surface area (Å²) in [6.07, 6.45) is 0.0422. The first-order valence-corrected chi connectivity index (χ1v) is 6.93. The number of rotatable bonds is 5. The molecule has 0 heterocycles. The summed E-state index contributed by atoms with van der Waals surface area (Å²) in [5.74, 6) is -1.33. The van der Waals surface area contributed by atoms with E-state index in [2.05, 4.69) is 0 Å². The lowest BCUT2D eigenvalue weighted by atomic mass is 10.0. The second-order valence-corrected chi connectivity index (χ2v) is 5.76. The molecule has 0 saturated heterocycles. The number of likely N-dealkylation sites (N-methyl/N-ethyl adjacent to an activating group) is 1. The highest BCUT2D eigenvalue weighted by Gasteiger charge is 2.36. The van der Waals surface area contributed by atoms with Gasteiger partial charge in [0.05, 0.1) is 6.42 Å². The van der Waals surface area contributed by atoms with Crippen LogP contribution < -0.4 is 0 Å². The fourth-order valence-electron chi connectivity index (χ4n) is 1.92. The third-order valence-electron chi connectivity index (χ3n) is 3.17. The molecule has 1 N–H and O–H groups in total. The Hall–Kier alpha value is -1.26. The van der Waals surface area contributed by atoms with Gasteiger partial charge < -0.3 is 10.0 Å². The van der Waals surface area contributed by atoms with Crippen molar-refractivity contribution < 1.29 is 14.7 Å². The van der Waals surface area contributed by atoms with Gasteiger partial charge in [0.2, 0.25) is 5.91 Å². The van der Waals surface area contributed by atoms with Crippen LogP contribution in [0.3, 0.4) is 0 Å². The maximum Gasteiger partial charge on any atom is 0.329 e. The predicted octanol–water partition coefficient (Wildman–Crippen LogP) is 3.25. The van der Waals surface area contributed by atoms with Crippen molar-refractivity contribution >= 4 is 35.1 Å². The van der Waals surface area contributed by atoms with Crippen LogP contribution >= 0.6 is 23.2 Å². The Bertz CT molecular complexity index is 529. The maximum absolute atomic E-state index is 12.3. The molecule has 0 bridgehead atoms. The van der Waals surface area contributed by atoms with Crippen molar-refractivity contribution in [2.45, 2.75) is 32.7 Å². The molecule has 6 heteroatoms. The van der Waals surface area contributed by atoms with E-state index in [1.165, 1.54) is 18.7 Å². The topological polar surface area (TPSA) is 57.6 Å². The van der Waals surface area contributed by atoms with Gasteiger partial charge in [0.1, 0.15) is 5.54 Å². The molecule has 1 amide bonds. The first kappa shape index (κ1) is 16.8. The van der Waals surface area contributed by atoms with Gasteiger partial charge in [0.25, 0.3) is 0 Å². The number of amides is 1. The number of carboxylic acids is 1. The van der Waals surface area contributed by atoms with Crippen molar-refractivity contribution in [3.63, 3.8) is 0 Å². The van der Waals surface area contributed by atoms with Crippen LogP contribution in [0.2, 0.25) is 10.0 Å². The highest BCUT2D eigenvalue weighted by molar-refractivity contribution is 6.35. The summed E-state index contributed by atoms with van der Waals surface area (Å²) in [4.78, 5) is 24.9. The summed E-state index contributed by atoms with van der Waals surface area (Å²) >= 11 is 11.8. The molecule has 20 heavy (non-hydrogen) atoms. The summed E-state index contributed by atoms with van der Waals surface area (Å²) in [5, 5.41) is 10.1. The van der Waals surface area contributed by atoms with Crippen LogP contribution in [-0.2, 0) is 16.0 Å². The Balaban J connectivity index is 2.96. The molecule has 1 rings (SSSR count). The summed E-state index contributed by atoms with van der Waals surface area (Å²) in [5.41, 5.74) is -0.634. The number of aliphatic carboxylic acids is 1. The van der Waals surface area contributed by atoms with E-state index in [1.807, 2.05) is 0 Å². The minimum Gasteiger partial charge on any atom is -0.480 e. The minimum atomic E-state index is -1.26. The SMILES string of the molecule is CCN(C(=O)Cc1ccc(Cl)cc1Cl)C(C)(C)C(=O)O. The molecule has 0 saturated carbocycles. The molecule has 0 fully saturated rings. The van der Waals surface area contributed by atoms with Gasteiger partial charge in [-0.3, -0.25) is 4.79 Å². The van der Waals surface area contributed by atoms with Crippen molar-refractivity contribution in [2.75, 3.05) is 6.54 Å². The van der Waals surface area contributed by atoms with Gasteiger partial charge in [-0.1, -0.05) is 29.3 Å². The van der Waals surface area contributed by atoms with Gasteiger partial charge in [0.15, 0.2) is 0 Å². The van der Waals surface area contributed by atoms with Crippen LogP contribution in [0.15, 0.2) is 18.2 Å². The number of halogens is 2. The molecule has 1 aromatic rings. The molecule has 0 unspecified atom stereocenters. The first-order chi connectivity index (χ1) is 9.20. The van der Waals surface area contributed by atoms with Crippen LogP contribution in [0.5, 0.6) is 0 Å². The number of nitrogens with zero attached hydrogens (tertiary/aromatic N) is 1. The highest BCUT2D eigenvalue weighted by atomic mass is 35.5. The molecule has 1 aromatic carbocycles. The second-order valence-electron chi connectivity index (χ2n) is 4.91. The molecule has 0 aliphatic rings. The summed E-state index contributed by atoms with van der Waals surface area (Å²) in [7, 11) is 0. The van der Waals surface area contributed by atoms with Crippen molar-refractivity contribution in [1.82, 2.24) is 4.90 Å². The monoisotopic (exact) mass is 317 g/mol. The largest absolute Gasteiger partial charge is 0.480 e. The molecule has 0 aliphatic heterocycles. The van der Waals surface area contributed by atoms with Crippen LogP contribution in [0.4, 0.5) is 0 Å². The molecule has 0 aromatic heterocycles. The smallest absolute Gasteiger partial charge is 0.329 e. The average molecular weight is 318 g/mol. The number of benzene rings is 1. The van der Waals surface area contributed by atoms with E-state index in [9.17, 15) is 14.7 Å². The van der Waals surface area contributed by atoms with Crippen molar-refractivity contribution in [3.8, 4) is 0 Å². The van der Waals surface area contributed by atoms with E-state index in [-0.39, 0.29) is 12.3 Å². The zero-order valence-electron chi connectivity index (χ0n) is 11.6. The fraction of sp³-hybridized carbons (Fsp3) is 0.429. The maximum atomic E-state index is 12.3. The highest BCUT2D eigenvalue weighted by Crippen LogP contribution is 2.23. The number of carboxylic acid groups (broad SMARTS) is 1. The Labute approximate surface area is 128 Å². The lowest BCUT2D eigenvalue weighted by Gasteiger charge is -2.34. The van der Waals surface area contributed by atoms with E-state index < -0.39 is 11.5 Å². The van der Waals surface area contributed by atoms with E-state index in [0.717, 1.165) is 0 Å². The number of carbonyl (C=O) groups is 2. The van der Waals surface area contributed by atoms with E-state index >= 15 is 0 Å². The Morgan fingerprint density at radius 1 is 1.30 bits per heavy atom. The third kappa shape index (κ3) is 3.64. The molecule has 4 nitrogen and oxygen atoms in total. The van der Waals surface area contributed by atoms with Crippen molar-refractivity contribution in [1.29, 1.82) is 0 Å². The zero-order chi connectivity index (χ0) is 15.5. The van der Waals surface area contributed by atoms with Gasteiger partial charge in [0, 0.05) is 16.6 Å². The van der Waals surface area contributed by atoms with Crippen molar-refractivity contribution in [3.05, 3.63) is 33.8 Å². The molecular formula is C14H17Cl2NO3. The van der Waals surface area contributed by atoms with Gasteiger partial charge >= 0.3 is 5.97 Å². The first-order valence-electron chi connectivity index (χ1n) is 6.18. The van der Waals surface area contributed by atoms with Gasteiger partial charge in [-0.05, 0) is 38.5 Å². The van der Waals surface area contributed by atoms with E-state index in [4.69, 9.17) is 23.2 Å². The summed E-state index contributed by atoms with van der Waals surface area (Å²) in [6.45, 7) is 5.05. The standard InChI is InChI=1S/C14H17Cl2NO3/c1-4-17(14(2,3)13(19)20)12(18)7-9-5-6-10(15)8-11(9)16/h5-6,8H,4,7H2,1-3H3,(H,19,20). The van der Waals surface area contributed by atoms with Crippen molar-refractivity contribution in [2.24, 2.45) is 0 Å². The summed E-state index contributed by atoms with van der Waals surface area (Å²) in [6, 6.07) is 4.88. The van der Waals surface area contributed by atoms with Crippen LogP contribution in [0.25, 0.3) is 0 Å². The summed E-state index contributed by atoms with van der Waals surface area (Å²) < 4.78 is 0. The molecule has 0 radical (unpaired) electrons. The fourth-order valence-corrected chi connectivity index (χ4v) is 2.40. The molecule has 0 aliphatic carbocycles. The third-order valence-corrected chi connectivity index (χ3v) is 3.76. The second kappa shape index (κ2) is 6.46. The lowest BCUT2D eigenvalue weighted by molar-refractivity contribution is -0.156. The average Bonchev–Trinajstić information content (AvgIpc) is 2.33. The minimum absolute atomic E-state index is 0.0422. The quantitative estimate of drug-likeness (QED) is 0.906. The van der Waals surface area contributed by atoms with E-state index in [1.54, 1.807) is 25.1 Å². The molecule has 110 valence electrons. The number of hydrogen-bond donors (Lipinski definition) is 1. The number of carbonyl (C=O) groups excluding carboxylic acids is 1. The molecule has 0 spiro atoms. The predicted molar refractivity (Wildman–Crippen MR) is 79.3 cm³/mol. The van der Waals surface area contributed by atoms with Gasteiger partial charge in [-0.15, -0.1) is 0 Å². The van der Waals surface area contributed by atoms with E-state index in [0.29, 0.717) is 22.2 Å². The van der Waals surface area contributed by atoms with Crippen LogP contribution in [0, 0.1) is 0 Å². The Kier molecular flexibility index (Phi) is 5.42.